The van der Waals surface area contributed by atoms with Crippen molar-refractivity contribution in [3.05, 3.63) is 11.6 Å². The van der Waals surface area contributed by atoms with Crippen molar-refractivity contribution < 1.29 is 4.74 Å². The molecule has 2 heterocycles. The van der Waals surface area contributed by atoms with E-state index in [2.05, 4.69) is 24.8 Å². The van der Waals surface area contributed by atoms with Crippen LogP contribution in [0.3, 0.4) is 0 Å². The Hall–Kier alpha value is -0.340. The van der Waals surface area contributed by atoms with Crippen molar-refractivity contribution in [2.24, 2.45) is 11.8 Å². The Morgan fingerprint density at radius 3 is 2.73 bits per heavy atom. The average molecular weight is 209 g/mol. The molecule has 15 heavy (non-hydrogen) atoms. The second-order valence-electron chi connectivity index (χ2n) is 5.18. The Bertz CT molecular complexity index is 229. The van der Waals surface area contributed by atoms with E-state index in [1.165, 1.54) is 32.5 Å². The van der Waals surface area contributed by atoms with Gasteiger partial charge in [0.15, 0.2) is 0 Å². The molecule has 0 atom stereocenters. The summed E-state index contributed by atoms with van der Waals surface area (Å²) in [6.45, 7) is 10.2. The highest BCUT2D eigenvalue weighted by atomic mass is 16.5. The van der Waals surface area contributed by atoms with E-state index in [9.17, 15) is 0 Å². The summed E-state index contributed by atoms with van der Waals surface area (Å²) in [4.78, 5) is 2.59. The van der Waals surface area contributed by atoms with Crippen LogP contribution < -0.4 is 0 Å². The summed E-state index contributed by atoms with van der Waals surface area (Å²) in [7, 11) is 0. The summed E-state index contributed by atoms with van der Waals surface area (Å²) in [5.41, 5.74) is 1.63. The molecule has 2 heteroatoms. The normalized spacial score (nSPS) is 24.9. The molecule has 0 bridgehead atoms. The van der Waals surface area contributed by atoms with Crippen molar-refractivity contribution in [1.29, 1.82) is 0 Å². The molecule has 86 valence electrons. The predicted octanol–water partition coefficient (Wildman–Crippen LogP) is 2.31. The van der Waals surface area contributed by atoms with Gasteiger partial charge in [-0.05, 0) is 24.7 Å². The Morgan fingerprint density at radius 2 is 2.13 bits per heavy atom. The second-order valence-corrected chi connectivity index (χ2v) is 5.18. The molecule has 0 radical (unpaired) electrons. The van der Waals surface area contributed by atoms with Crippen molar-refractivity contribution in [2.75, 3.05) is 32.8 Å². The molecular weight excluding hydrogens is 186 g/mol. The first-order chi connectivity index (χ1) is 7.25. The van der Waals surface area contributed by atoms with E-state index >= 15 is 0 Å². The molecule has 0 saturated carbocycles. The Kier molecular flexibility index (Phi) is 3.81. The van der Waals surface area contributed by atoms with E-state index in [-0.39, 0.29) is 0 Å². The van der Waals surface area contributed by atoms with Gasteiger partial charge in [-0.2, -0.15) is 0 Å². The Balaban J connectivity index is 1.73. The predicted molar refractivity (Wildman–Crippen MR) is 62.9 cm³/mol. The first kappa shape index (κ1) is 11.2. The minimum Gasteiger partial charge on any atom is -0.381 e. The molecule has 2 nitrogen and oxygen atoms in total. The zero-order chi connectivity index (χ0) is 10.7. The highest BCUT2D eigenvalue weighted by molar-refractivity contribution is 5.13. The molecule has 1 fully saturated rings. The molecule has 0 aromatic rings. The van der Waals surface area contributed by atoms with E-state index in [1.54, 1.807) is 5.57 Å². The molecule has 0 aromatic heterocycles. The lowest BCUT2D eigenvalue weighted by Crippen LogP contribution is -2.31. The molecule has 0 aromatic carbocycles. The van der Waals surface area contributed by atoms with Crippen molar-refractivity contribution in [1.82, 2.24) is 4.90 Å². The molecule has 0 amide bonds. The van der Waals surface area contributed by atoms with Crippen molar-refractivity contribution in [3.63, 3.8) is 0 Å². The van der Waals surface area contributed by atoms with Crippen LogP contribution in [0, 0.1) is 11.8 Å². The summed E-state index contributed by atoms with van der Waals surface area (Å²) in [5, 5.41) is 0. The fourth-order valence-corrected chi connectivity index (χ4v) is 2.49. The molecule has 2 aliphatic heterocycles. The van der Waals surface area contributed by atoms with Gasteiger partial charge in [-0.15, -0.1) is 0 Å². The van der Waals surface area contributed by atoms with E-state index < -0.39 is 0 Å². The summed E-state index contributed by atoms with van der Waals surface area (Å²) in [5.74, 6) is 1.60. The van der Waals surface area contributed by atoms with E-state index in [0.717, 1.165) is 25.0 Å². The van der Waals surface area contributed by atoms with Crippen molar-refractivity contribution >= 4 is 0 Å². The summed E-state index contributed by atoms with van der Waals surface area (Å²) < 4.78 is 5.39. The maximum absolute atomic E-state index is 5.39. The van der Waals surface area contributed by atoms with E-state index in [0.29, 0.717) is 0 Å². The minimum absolute atomic E-state index is 0.727. The highest BCUT2D eigenvalue weighted by Crippen LogP contribution is 2.21. The van der Waals surface area contributed by atoms with Gasteiger partial charge in [0.1, 0.15) is 0 Å². The maximum atomic E-state index is 5.39. The maximum Gasteiger partial charge on any atom is 0.0469 e. The Morgan fingerprint density at radius 1 is 1.40 bits per heavy atom. The molecule has 1 saturated heterocycles. The average Bonchev–Trinajstić information content (AvgIpc) is 2.68. The van der Waals surface area contributed by atoms with E-state index in [1.807, 2.05) is 0 Å². The van der Waals surface area contributed by atoms with Crippen LogP contribution >= 0.6 is 0 Å². The molecular formula is C13H23NO. The van der Waals surface area contributed by atoms with Gasteiger partial charge < -0.3 is 4.74 Å². The smallest absolute Gasteiger partial charge is 0.0469 e. The summed E-state index contributed by atoms with van der Waals surface area (Å²) in [6, 6.07) is 0. The lowest BCUT2D eigenvalue weighted by Gasteiger charge is -2.27. The second kappa shape index (κ2) is 5.13. The van der Waals surface area contributed by atoms with Crippen molar-refractivity contribution in [3.8, 4) is 0 Å². The third-order valence-corrected chi connectivity index (χ3v) is 3.62. The van der Waals surface area contributed by atoms with Gasteiger partial charge in [0.25, 0.3) is 0 Å². The van der Waals surface area contributed by atoms with Gasteiger partial charge in [0, 0.05) is 32.8 Å². The van der Waals surface area contributed by atoms with Crippen molar-refractivity contribution in [2.45, 2.75) is 26.7 Å². The highest BCUT2D eigenvalue weighted by Gasteiger charge is 2.21. The standard InChI is InChI=1S/C13H23NO/c1-11(2)13-3-6-14(10-13)9-12-4-7-15-8-5-12/h3,11-12H,4-10H2,1-2H3. The number of ether oxygens (including phenoxy) is 1. The number of hydrogen-bond acceptors (Lipinski definition) is 2. The molecule has 0 unspecified atom stereocenters. The van der Waals surface area contributed by atoms with Gasteiger partial charge >= 0.3 is 0 Å². The van der Waals surface area contributed by atoms with Crippen LogP contribution in [0.5, 0.6) is 0 Å². The summed E-state index contributed by atoms with van der Waals surface area (Å²) >= 11 is 0. The summed E-state index contributed by atoms with van der Waals surface area (Å²) in [6.07, 6.45) is 4.94. The zero-order valence-corrected chi connectivity index (χ0v) is 10.0. The van der Waals surface area contributed by atoms with Gasteiger partial charge in [-0.25, -0.2) is 0 Å². The third kappa shape index (κ3) is 3.05. The topological polar surface area (TPSA) is 12.5 Å². The van der Waals surface area contributed by atoms with Gasteiger partial charge in [-0.3, -0.25) is 4.90 Å². The zero-order valence-electron chi connectivity index (χ0n) is 10.0. The SMILES string of the molecule is CC(C)C1=CCN(CC2CCOCC2)C1. The molecule has 0 spiro atoms. The van der Waals surface area contributed by atoms with E-state index in [4.69, 9.17) is 4.74 Å². The van der Waals surface area contributed by atoms with Crippen LogP contribution in [0.15, 0.2) is 11.6 Å². The lowest BCUT2D eigenvalue weighted by molar-refractivity contribution is 0.0558. The lowest BCUT2D eigenvalue weighted by atomic mass is 9.99. The van der Waals surface area contributed by atoms with Gasteiger partial charge in [0.2, 0.25) is 0 Å². The minimum atomic E-state index is 0.727. The fraction of sp³-hybridized carbons (Fsp3) is 0.846. The van der Waals surface area contributed by atoms with Gasteiger partial charge in [-0.1, -0.05) is 25.5 Å². The molecule has 0 N–H and O–H groups in total. The van der Waals surface area contributed by atoms with Crippen LogP contribution in [-0.4, -0.2) is 37.7 Å². The molecule has 0 aliphatic carbocycles. The van der Waals surface area contributed by atoms with Crippen LogP contribution in [0.1, 0.15) is 26.7 Å². The monoisotopic (exact) mass is 209 g/mol. The Labute approximate surface area is 93.3 Å². The largest absolute Gasteiger partial charge is 0.381 e. The van der Waals surface area contributed by atoms with Crippen LogP contribution in [0.4, 0.5) is 0 Å². The first-order valence-corrected chi connectivity index (χ1v) is 6.24. The fourth-order valence-electron chi connectivity index (χ4n) is 2.49. The molecule has 2 rings (SSSR count). The quantitative estimate of drug-likeness (QED) is 0.661. The van der Waals surface area contributed by atoms with Crippen LogP contribution in [0.25, 0.3) is 0 Å². The van der Waals surface area contributed by atoms with Crippen LogP contribution in [0.2, 0.25) is 0 Å². The first-order valence-electron chi connectivity index (χ1n) is 6.24. The number of hydrogen-bond donors (Lipinski definition) is 0. The number of rotatable bonds is 3. The molecule has 2 aliphatic rings. The number of nitrogens with zero attached hydrogens (tertiary/aromatic N) is 1. The van der Waals surface area contributed by atoms with Crippen LogP contribution in [-0.2, 0) is 4.74 Å². The third-order valence-electron chi connectivity index (χ3n) is 3.62. The van der Waals surface area contributed by atoms with Gasteiger partial charge in [0.05, 0.1) is 0 Å².